The predicted molar refractivity (Wildman–Crippen MR) is 127 cm³/mol. The van der Waals surface area contributed by atoms with Crippen LogP contribution in [0, 0.1) is 16.2 Å². The summed E-state index contributed by atoms with van der Waals surface area (Å²) in [6.45, 7) is 5.70. The fourth-order valence-corrected chi connectivity index (χ4v) is 6.32. The van der Waals surface area contributed by atoms with Crippen LogP contribution >= 0.6 is 11.6 Å². The zero-order valence-electron chi connectivity index (χ0n) is 19.3. The van der Waals surface area contributed by atoms with Crippen LogP contribution in [-0.4, -0.2) is 34.6 Å². The van der Waals surface area contributed by atoms with Gasteiger partial charge < -0.3 is 4.90 Å². The van der Waals surface area contributed by atoms with Gasteiger partial charge in [0.15, 0.2) is 0 Å². The van der Waals surface area contributed by atoms with Crippen LogP contribution in [0.5, 0.6) is 0 Å². The van der Waals surface area contributed by atoms with Crippen LogP contribution in [0.2, 0.25) is 5.02 Å². The van der Waals surface area contributed by atoms with Crippen LogP contribution in [0.1, 0.15) is 56.3 Å². The van der Waals surface area contributed by atoms with Crippen molar-refractivity contribution in [2.75, 3.05) is 7.05 Å². The molecule has 6 heteroatoms. The van der Waals surface area contributed by atoms with Crippen molar-refractivity contribution < 1.29 is 14.4 Å². The number of carbonyl (C=O) groups excluding carboxylic acids is 3. The van der Waals surface area contributed by atoms with Crippen LogP contribution in [0.25, 0.3) is 6.08 Å². The van der Waals surface area contributed by atoms with E-state index in [2.05, 4.69) is 0 Å². The lowest BCUT2D eigenvalue weighted by Crippen LogP contribution is -2.67. The fraction of sp³-hybridized carbons (Fsp3) is 0.370. The molecule has 170 valence electrons. The molecule has 33 heavy (non-hydrogen) atoms. The maximum absolute atomic E-state index is 14.5. The van der Waals surface area contributed by atoms with Gasteiger partial charge in [0.25, 0.3) is 0 Å². The lowest BCUT2D eigenvalue weighted by molar-refractivity contribution is -0.182. The Morgan fingerprint density at radius 2 is 1.64 bits per heavy atom. The van der Waals surface area contributed by atoms with Gasteiger partial charge in [-0.2, -0.15) is 0 Å². The molecule has 2 heterocycles. The molecule has 2 fully saturated rings. The first-order valence-corrected chi connectivity index (χ1v) is 11.6. The van der Waals surface area contributed by atoms with Gasteiger partial charge in [0.2, 0.25) is 17.7 Å². The topological polar surface area (TPSA) is 57.7 Å². The third-order valence-electron chi connectivity index (χ3n) is 8.66. The van der Waals surface area contributed by atoms with Crippen molar-refractivity contribution in [2.24, 2.45) is 16.2 Å². The Morgan fingerprint density at radius 3 is 2.33 bits per heavy atom. The standard InChI is InChI=1S/C27H27ClN2O3/c1-25(2)26(3)14-15-27(25,23(32)29(4)22(26)31)24(33)30-16-13-17-7-5-6-8-20(17)21(30)18-9-11-19(28)12-10-18/h5-13,16,21H,14-15H2,1-4H3/t21-,26+,27-/m1/s1. The molecule has 0 N–H and O–H groups in total. The van der Waals surface area contributed by atoms with Crippen LogP contribution < -0.4 is 0 Å². The van der Waals surface area contributed by atoms with Crippen molar-refractivity contribution in [1.29, 1.82) is 0 Å². The highest BCUT2D eigenvalue weighted by molar-refractivity contribution is 6.30. The second-order valence-electron chi connectivity index (χ2n) is 10.1. The number of piperidine rings is 1. The molecule has 1 saturated carbocycles. The quantitative estimate of drug-likeness (QED) is 0.463. The van der Waals surface area contributed by atoms with Crippen LogP contribution in [0.4, 0.5) is 0 Å². The molecule has 1 saturated heterocycles. The number of nitrogens with zero attached hydrogens (tertiary/aromatic N) is 2. The van der Waals surface area contributed by atoms with Gasteiger partial charge in [0, 0.05) is 23.7 Å². The molecule has 0 spiro atoms. The van der Waals surface area contributed by atoms with Crippen molar-refractivity contribution in [2.45, 2.75) is 39.7 Å². The SMILES string of the molecule is CN1C(=O)[C@@]2(C(=O)N3C=Cc4ccccc4[C@H]3c3ccc(Cl)cc3)CC[C@@](C)(C1=O)C2(C)C. The van der Waals surface area contributed by atoms with Crippen molar-refractivity contribution in [3.63, 3.8) is 0 Å². The van der Waals surface area contributed by atoms with Gasteiger partial charge in [0.1, 0.15) is 5.41 Å². The molecule has 0 aromatic heterocycles. The van der Waals surface area contributed by atoms with E-state index in [1.807, 2.05) is 75.4 Å². The van der Waals surface area contributed by atoms with Crippen molar-refractivity contribution in [3.05, 3.63) is 76.4 Å². The first-order valence-electron chi connectivity index (χ1n) is 11.2. The first-order chi connectivity index (χ1) is 15.6. The second kappa shape index (κ2) is 7.04. The highest BCUT2D eigenvalue weighted by atomic mass is 35.5. The Kier molecular flexibility index (Phi) is 4.67. The Balaban J connectivity index is 1.68. The zero-order chi connectivity index (χ0) is 23.8. The monoisotopic (exact) mass is 462 g/mol. The van der Waals surface area contributed by atoms with Crippen LogP contribution in [0.3, 0.4) is 0 Å². The van der Waals surface area contributed by atoms with Gasteiger partial charge in [-0.1, -0.05) is 68.8 Å². The predicted octanol–water partition coefficient (Wildman–Crippen LogP) is 5.05. The van der Waals surface area contributed by atoms with E-state index in [9.17, 15) is 14.4 Å². The normalized spacial score (nSPS) is 29.9. The second-order valence-corrected chi connectivity index (χ2v) is 10.6. The maximum atomic E-state index is 14.5. The van der Waals surface area contributed by atoms with Crippen molar-refractivity contribution >= 4 is 35.4 Å². The molecule has 2 aromatic rings. The molecule has 0 radical (unpaired) electrons. The van der Waals surface area contributed by atoms with Gasteiger partial charge in [-0.25, -0.2) is 0 Å². The van der Waals surface area contributed by atoms with Gasteiger partial charge in [-0.15, -0.1) is 0 Å². The Morgan fingerprint density at radius 1 is 0.970 bits per heavy atom. The Bertz CT molecular complexity index is 1220. The Labute approximate surface area is 199 Å². The van der Waals surface area contributed by atoms with Gasteiger partial charge in [0.05, 0.1) is 11.5 Å². The van der Waals surface area contributed by atoms with Crippen molar-refractivity contribution in [1.82, 2.24) is 9.80 Å². The third-order valence-corrected chi connectivity index (χ3v) is 8.91. The van der Waals surface area contributed by atoms with Crippen LogP contribution in [-0.2, 0) is 14.4 Å². The smallest absolute Gasteiger partial charge is 0.245 e. The minimum Gasteiger partial charge on any atom is -0.306 e. The average Bonchev–Trinajstić information content (AvgIpc) is 2.99. The zero-order valence-corrected chi connectivity index (χ0v) is 20.0. The minimum atomic E-state index is -1.31. The molecule has 5 rings (SSSR count). The molecular weight excluding hydrogens is 436 g/mol. The number of halogens is 1. The molecule has 3 aliphatic rings. The summed E-state index contributed by atoms with van der Waals surface area (Å²) in [5, 5.41) is 0.616. The van der Waals surface area contributed by atoms with E-state index in [0.29, 0.717) is 17.9 Å². The summed E-state index contributed by atoms with van der Waals surface area (Å²) < 4.78 is 0. The lowest BCUT2D eigenvalue weighted by Gasteiger charge is -2.53. The highest BCUT2D eigenvalue weighted by Gasteiger charge is 2.75. The maximum Gasteiger partial charge on any atom is 0.245 e. The summed E-state index contributed by atoms with van der Waals surface area (Å²) in [6, 6.07) is 15.0. The number of likely N-dealkylation sites (tertiary alicyclic amines) is 1. The number of amides is 3. The molecule has 2 aliphatic heterocycles. The fourth-order valence-electron chi connectivity index (χ4n) is 6.20. The number of fused-ring (bicyclic) bond motifs is 3. The Hall–Kier alpha value is -2.92. The number of benzene rings is 2. The summed E-state index contributed by atoms with van der Waals surface area (Å²) in [7, 11) is 1.50. The number of hydrogen-bond donors (Lipinski definition) is 0. The van der Waals surface area contributed by atoms with E-state index in [0.717, 1.165) is 16.7 Å². The highest BCUT2D eigenvalue weighted by Crippen LogP contribution is 2.67. The van der Waals surface area contributed by atoms with E-state index in [1.165, 1.54) is 11.9 Å². The molecule has 2 bridgehead atoms. The van der Waals surface area contributed by atoms with E-state index in [-0.39, 0.29) is 11.8 Å². The molecule has 5 nitrogen and oxygen atoms in total. The van der Waals surface area contributed by atoms with E-state index < -0.39 is 28.2 Å². The summed E-state index contributed by atoms with van der Waals surface area (Å²) in [5.74, 6) is -0.863. The minimum absolute atomic E-state index is 0.202. The lowest BCUT2D eigenvalue weighted by atomic mass is 9.55. The summed E-state index contributed by atoms with van der Waals surface area (Å²) in [4.78, 5) is 44.2. The summed E-state index contributed by atoms with van der Waals surface area (Å²) in [5.41, 5.74) is -0.000515. The number of carbonyl (C=O) groups is 3. The molecule has 1 aliphatic carbocycles. The third kappa shape index (κ3) is 2.63. The molecule has 2 aromatic carbocycles. The van der Waals surface area contributed by atoms with Crippen LogP contribution in [0.15, 0.2) is 54.7 Å². The van der Waals surface area contributed by atoms with E-state index in [1.54, 1.807) is 11.1 Å². The van der Waals surface area contributed by atoms with Gasteiger partial charge in [-0.05, 0) is 47.7 Å². The van der Waals surface area contributed by atoms with E-state index >= 15 is 0 Å². The van der Waals surface area contributed by atoms with E-state index in [4.69, 9.17) is 11.6 Å². The van der Waals surface area contributed by atoms with Crippen molar-refractivity contribution in [3.8, 4) is 0 Å². The average molecular weight is 463 g/mol. The molecule has 3 atom stereocenters. The number of rotatable bonds is 2. The number of imide groups is 1. The largest absolute Gasteiger partial charge is 0.306 e. The molecule has 3 amide bonds. The molecule has 0 unspecified atom stereocenters. The summed E-state index contributed by atoms with van der Waals surface area (Å²) >= 11 is 6.15. The van der Waals surface area contributed by atoms with Gasteiger partial charge in [-0.3, -0.25) is 19.3 Å². The number of hydrogen-bond acceptors (Lipinski definition) is 3. The first kappa shape index (κ1) is 21.9. The van der Waals surface area contributed by atoms with Gasteiger partial charge >= 0.3 is 0 Å². The molecular formula is C27H27ClN2O3. The summed E-state index contributed by atoms with van der Waals surface area (Å²) in [6.07, 6.45) is 4.55.